The number of hydrogen-bond donors (Lipinski definition) is 1. The Hall–Kier alpha value is -0.410. The van der Waals surface area contributed by atoms with Gasteiger partial charge in [-0.05, 0) is 13.8 Å². The van der Waals surface area contributed by atoms with Gasteiger partial charge in [-0.25, -0.2) is 0 Å². The van der Waals surface area contributed by atoms with Crippen molar-refractivity contribution in [3.05, 3.63) is 28.6 Å². The first-order valence-electron chi connectivity index (χ1n) is 4.12. The van der Waals surface area contributed by atoms with Gasteiger partial charge in [-0.1, -0.05) is 23.8 Å². The molecule has 0 saturated heterocycles. The van der Waals surface area contributed by atoms with E-state index in [9.17, 15) is 0 Å². The summed E-state index contributed by atoms with van der Waals surface area (Å²) in [5.41, 5.74) is 1.90. The minimum absolute atomic E-state index is 0.757. The first-order chi connectivity index (χ1) is 6.16. The summed E-state index contributed by atoms with van der Waals surface area (Å²) in [6.07, 6.45) is 4.02. The minimum Gasteiger partial charge on any atom is -0.264 e. The molecule has 0 fully saturated rings. The van der Waals surface area contributed by atoms with Gasteiger partial charge in [0.1, 0.15) is 0 Å². The van der Waals surface area contributed by atoms with Gasteiger partial charge in [-0.15, -0.1) is 0 Å². The predicted molar refractivity (Wildman–Crippen MR) is 59.7 cm³/mol. The molecule has 0 aliphatic carbocycles. The molecular formula is C9H13ClN2S. The molecule has 0 aliphatic heterocycles. The van der Waals surface area contributed by atoms with Crippen LogP contribution >= 0.6 is 24.2 Å². The van der Waals surface area contributed by atoms with Crippen molar-refractivity contribution in [2.24, 2.45) is 0 Å². The lowest BCUT2D eigenvalue weighted by Gasteiger charge is -1.98. The van der Waals surface area contributed by atoms with E-state index in [-0.39, 0.29) is 0 Å². The van der Waals surface area contributed by atoms with Crippen LogP contribution in [0.2, 0.25) is 5.02 Å². The van der Waals surface area contributed by atoms with Crippen molar-refractivity contribution in [1.29, 1.82) is 0 Å². The fourth-order valence-corrected chi connectivity index (χ4v) is 1.39. The summed E-state index contributed by atoms with van der Waals surface area (Å²) in [7, 11) is 0. The second-order valence-electron chi connectivity index (χ2n) is 2.82. The molecule has 0 bridgehead atoms. The first kappa shape index (κ1) is 10.7. The molecule has 0 amide bonds. The van der Waals surface area contributed by atoms with Crippen LogP contribution in [-0.4, -0.2) is 15.5 Å². The number of aryl methyl sites for hydroxylation is 1. The van der Waals surface area contributed by atoms with Crippen molar-refractivity contribution in [1.82, 2.24) is 9.78 Å². The zero-order valence-electron chi connectivity index (χ0n) is 7.79. The van der Waals surface area contributed by atoms with Gasteiger partial charge in [-0.3, -0.25) is 4.68 Å². The second-order valence-corrected chi connectivity index (χ2v) is 3.56. The summed E-state index contributed by atoms with van der Waals surface area (Å²) >= 11 is 10.1. The molecule has 0 aromatic carbocycles. The van der Waals surface area contributed by atoms with E-state index in [1.54, 1.807) is 0 Å². The van der Waals surface area contributed by atoms with Gasteiger partial charge >= 0.3 is 0 Å². The highest BCUT2D eigenvalue weighted by Gasteiger charge is 2.06. The zero-order valence-corrected chi connectivity index (χ0v) is 9.44. The largest absolute Gasteiger partial charge is 0.264 e. The molecule has 1 aromatic rings. The van der Waals surface area contributed by atoms with Crippen LogP contribution in [0.15, 0.2) is 12.2 Å². The predicted octanol–water partition coefficient (Wildman–Crippen LogP) is 2.64. The molecule has 4 heteroatoms. The van der Waals surface area contributed by atoms with E-state index < -0.39 is 0 Å². The summed E-state index contributed by atoms with van der Waals surface area (Å²) in [5, 5.41) is 5.05. The third kappa shape index (κ3) is 2.51. The first-order valence-corrected chi connectivity index (χ1v) is 5.13. The third-order valence-electron chi connectivity index (χ3n) is 1.84. The van der Waals surface area contributed by atoms with E-state index >= 15 is 0 Å². The maximum atomic E-state index is 5.99. The average Bonchev–Trinajstić information content (AvgIpc) is 2.34. The number of hydrogen-bond acceptors (Lipinski definition) is 2. The molecule has 1 rings (SSSR count). The van der Waals surface area contributed by atoms with Crippen molar-refractivity contribution in [3.63, 3.8) is 0 Å². The lowest BCUT2D eigenvalue weighted by Crippen LogP contribution is -1.99. The van der Waals surface area contributed by atoms with Gasteiger partial charge in [0.05, 0.1) is 23.0 Å². The quantitative estimate of drug-likeness (QED) is 0.608. The number of halogens is 1. The standard InChI is InChI=1S/C9H13ClN2S/c1-7-9(10)8(2)12(11-7)5-3-4-6-13/h3-4,13H,5-6H2,1-2H3/b4-3+. The van der Waals surface area contributed by atoms with Crippen molar-refractivity contribution in [2.75, 3.05) is 5.75 Å². The topological polar surface area (TPSA) is 17.8 Å². The van der Waals surface area contributed by atoms with Crippen LogP contribution in [-0.2, 0) is 6.54 Å². The van der Waals surface area contributed by atoms with Crippen LogP contribution in [0.1, 0.15) is 11.4 Å². The summed E-state index contributed by atoms with van der Waals surface area (Å²) in [5.74, 6) is 0.757. The highest BCUT2D eigenvalue weighted by atomic mass is 35.5. The lowest BCUT2D eigenvalue weighted by atomic mass is 10.4. The van der Waals surface area contributed by atoms with E-state index in [0.717, 1.165) is 28.7 Å². The Morgan fingerprint density at radius 2 is 2.15 bits per heavy atom. The Morgan fingerprint density at radius 1 is 1.46 bits per heavy atom. The monoisotopic (exact) mass is 216 g/mol. The number of nitrogens with zero attached hydrogens (tertiary/aromatic N) is 2. The molecule has 2 nitrogen and oxygen atoms in total. The lowest BCUT2D eigenvalue weighted by molar-refractivity contribution is 0.672. The minimum atomic E-state index is 0.757. The Balaban J connectivity index is 2.78. The molecule has 0 saturated carbocycles. The summed E-state index contributed by atoms with van der Waals surface area (Å²) < 4.78 is 1.89. The van der Waals surface area contributed by atoms with Gasteiger partial charge in [0.25, 0.3) is 0 Å². The Morgan fingerprint density at radius 3 is 2.62 bits per heavy atom. The van der Waals surface area contributed by atoms with Gasteiger partial charge in [0.2, 0.25) is 0 Å². The van der Waals surface area contributed by atoms with Crippen LogP contribution < -0.4 is 0 Å². The molecule has 0 atom stereocenters. The average molecular weight is 217 g/mol. The van der Waals surface area contributed by atoms with E-state index in [1.807, 2.05) is 30.7 Å². The summed E-state index contributed by atoms with van der Waals surface area (Å²) in [4.78, 5) is 0. The van der Waals surface area contributed by atoms with Crippen molar-refractivity contribution < 1.29 is 0 Å². The maximum absolute atomic E-state index is 5.99. The highest BCUT2D eigenvalue weighted by molar-refractivity contribution is 7.80. The second kappa shape index (κ2) is 4.72. The SMILES string of the molecule is Cc1nn(C/C=C/CS)c(C)c1Cl. The smallest absolute Gasteiger partial charge is 0.0844 e. The van der Waals surface area contributed by atoms with Crippen molar-refractivity contribution in [2.45, 2.75) is 20.4 Å². The Bertz CT molecular complexity index is 318. The molecule has 0 N–H and O–H groups in total. The molecule has 0 aliphatic rings. The third-order valence-corrected chi connectivity index (χ3v) is 2.60. The van der Waals surface area contributed by atoms with Crippen LogP contribution in [0, 0.1) is 13.8 Å². The Labute approximate surface area is 89.0 Å². The normalized spacial score (nSPS) is 11.4. The zero-order chi connectivity index (χ0) is 9.84. The summed E-state index contributed by atoms with van der Waals surface area (Å²) in [6.45, 7) is 4.64. The van der Waals surface area contributed by atoms with Crippen molar-refractivity contribution >= 4 is 24.2 Å². The van der Waals surface area contributed by atoms with Gasteiger partial charge in [-0.2, -0.15) is 17.7 Å². The van der Waals surface area contributed by atoms with Gasteiger partial charge in [0, 0.05) is 5.75 Å². The van der Waals surface area contributed by atoms with E-state index in [4.69, 9.17) is 11.6 Å². The molecule has 1 aromatic heterocycles. The summed E-state index contributed by atoms with van der Waals surface area (Å²) in [6, 6.07) is 0. The van der Waals surface area contributed by atoms with E-state index in [0.29, 0.717) is 0 Å². The maximum Gasteiger partial charge on any atom is 0.0844 e. The van der Waals surface area contributed by atoms with Crippen molar-refractivity contribution in [3.8, 4) is 0 Å². The van der Waals surface area contributed by atoms with E-state index in [1.165, 1.54) is 0 Å². The van der Waals surface area contributed by atoms with Gasteiger partial charge < -0.3 is 0 Å². The number of allylic oxidation sites excluding steroid dienone is 1. The molecular weight excluding hydrogens is 204 g/mol. The van der Waals surface area contributed by atoms with Crippen LogP contribution in [0.4, 0.5) is 0 Å². The Kier molecular flexibility index (Phi) is 3.88. The molecule has 0 radical (unpaired) electrons. The highest BCUT2D eigenvalue weighted by Crippen LogP contribution is 2.18. The van der Waals surface area contributed by atoms with Crippen LogP contribution in [0.5, 0.6) is 0 Å². The van der Waals surface area contributed by atoms with Crippen LogP contribution in [0.25, 0.3) is 0 Å². The number of aromatic nitrogens is 2. The molecule has 0 unspecified atom stereocenters. The number of rotatable bonds is 3. The fourth-order valence-electron chi connectivity index (χ4n) is 1.10. The molecule has 0 spiro atoms. The van der Waals surface area contributed by atoms with E-state index in [2.05, 4.69) is 17.7 Å². The number of thiol groups is 1. The fraction of sp³-hybridized carbons (Fsp3) is 0.444. The molecule has 1 heterocycles. The molecule has 13 heavy (non-hydrogen) atoms. The molecule has 72 valence electrons. The van der Waals surface area contributed by atoms with Crippen LogP contribution in [0.3, 0.4) is 0 Å². The van der Waals surface area contributed by atoms with Gasteiger partial charge in [0.15, 0.2) is 0 Å².